The van der Waals surface area contributed by atoms with Crippen molar-refractivity contribution in [2.45, 2.75) is 110 Å². The lowest BCUT2D eigenvalue weighted by Crippen LogP contribution is -2.15. The van der Waals surface area contributed by atoms with Crippen LogP contribution in [-0.2, 0) is 4.57 Å². The lowest BCUT2D eigenvalue weighted by atomic mass is 9.96. The molecule has 4 rings (SSSR count). The summed E-state index contributed by atoms with van der Waals surface area (Å²) in [4.78, 5) is 0. The van der Waals surface area contributed by atoms with E-state index in [9.17, 15) is 0 Å². The van der Waals surface area contributed by atoms with Crippen LogP contribution in [-0.4, -0.2) is 0 Å². The van der Waals surface area contributed by atoms with Gasteiger partial charge in [0.05, 0.1) is 0 Å². The predicted octanol–water partition coefficient (Wildman–Crippen LogP) is 11.0. The molecule has 2 heteroatoms. The Morgan fingerprint density at radius 3 is 1.54 bits per heavy atom. The van der Waals surface area contributed by atoms with E-state index in [1.165, 1.54) is 101 Å². The molecule has 0 N–H and O–H groups in total. The molecule has 0 fully saturated rings. The van der Waals surface area contributed by atoms with Gasteiger partial charge in [-0.1, -0.05) is 182 Å². The molecule has 0 radical (unpaired) electrons. The predicted molar refractivity (Wildman–Crippen MR) is 172 cm³/mol. The Morgan fingerprint density at radius 2 is 0.974 bits per heavy atom. The van der Waals surface area contributed by atoms with E-state index in [4.69, 9.17) is 0 Å². The van der Waals surface area contributed by atoms with Crippen LogP contribution in [0.5, 0.6) is 0 Å². The highest BCUT2D eigenvalue weighted by molar-refractivity contribution is 7.83. The first-order chi connectivity index (χ1) is 19.3. The minimum Gasteiger partial charge on any atom is -0.309 e. The second-order valence-electron chi connectivity index (χ2n) is 11.3. The zero-order valence-electron chi connectivity index (χ0n) is 24.3. The van der Waals surface area contributed by atoms with Gasteiger partial charge in [0, 0.05) is 15.9 Å². The first kappa shape index (κ1) is 29.6. The van der Waals surface area contributed by atoms with E-state index in [1.807, 2.05) is 24.3 Å². The summed E-state index contributed by atoms with van der Waals surface area (Å²) in [6.45, 7) is 2.29. The Bertz CT molecular complexity index is 1190. The van der Waals surface area contributed by atoms with E-state index in [-0.39, 0.29) is 0 Å². The van der Waals surface area contributed by atoms with E-state index >= 15 is 4.57 Å². The molecule has 39 heavy (non-hydrogen) atoms. The average molecular weight is 541 g/mol. The van der Waals surface area contributed by atoms with E-state index in [0.29, 0.717) is 0 Å². The van der Waals surface area contributed by atoms with Gasteiger partial charge in [0.2, 0.25) is 0 Å². The molecule has 0 saturated heterocycles. The van der Waals surface area contributed by atoms with Crippen LogP contribution in [0.2, 0.25) is 0 Å². The molecule has 0 spiro atoms. The van der Waals surface area contributed by atoms with Crippen molar-refractivity contribution in [3.63, 3.8) is 0 Å². The summed E-state index contributed by atoms with van der Waals surface area (Å²) in [6.07, 6.45) is 21.3. The van der Waals surface area contributed by atoms with Crippen molar-refractivity contribution in [3.05, 3.63) is 101 Å². The highest BCUT2D eigenvalue weighted by atomic mass is 31.2. The minimum absolute atomic E-state index is 0.906. The van der Waals surface area contributed by atoms with Crippen LogP contribution >= 0.6 is 7.14 Å². The lowest BCUT2D eigenvalue weighted by molar-refractivity contribution is 0.532. The summed E-state index contributed by atoms with van der Waals surface area (Å²) >= 11 is 0. The molecule has 0 aromatic heterocycles. The van der Waals surface area contributed by atoms with E-state index in [1.54, 1.807) is 0 Å². The summed E-state index contributed by atoms with van der Waals surface area (Å²) in [5.74, 6) is 0. The van der Waals surface area contributed by atoms with Gasteiger partial charge in [-0.05, 0) is 29.5 Å². The van der Waals surface area contributed by atoms with E-state index in [0.717, 1.165) is 34.3 Å². The van der Waals surface area contributed by atoms with Crippen molar-refractivity contribution in [1.82, 2.24) is 0 Å². The second-order valence-corrected chi connectivity index (χ2v) is 14.1. The number of rotatable bonds is 18. The minimum atomic E-state index is -2.85. The Balaban J connectivity index is 1.30. The molecule has 1 atom stereocenters. The molecule has 1 aliphatic rings. The summed E-state index contributed by atoms with van der Waals surface area (Å²) in [6, 6.07) is 29.3. The third-order valence-electron chi connectivity index (χ3n) is 8.38. The molecule has 0 aliphatic carbocycles. The maximum atomic E-state index is 15.1. The Kier molecular flexibility index (Phi) is 12.2. The van der Waals surface area contributed by atoms with Crippen LogP contribution in [0.4, 0.5) is 0 Å². The highest BCUT2D eigenvalue weighted by Crippen LogP contribution is 2.62. The molecule has 0 bridgehead atoms. The molecule has 1 unspecified atom stereocenters. The van der Waals surface area contributed by atoms with Crippen LogP contribution < -0.4 is 10.6 Å². The molecular weight excluding hydrogens is 491 g/mol. The van der Waals surface area contributed by atoms with Gasteiger partial charge in [0.1, 0.15) is 0 Å². The van der Waals surface area contributed by atoms with Crippen LogP contribution in [0.25, 0.3) is 5.57 Å². The number of allylic oxidation sites excluding steroid dienone is 1. The van der Waals surface area contributed by atoms with Crippen LogP contribution in [0.3, 0.4) is 0 Å². The van der Waals surface area contributed by atoms with Crippen molar-refractivity contribution < 1.29 is 4.57 Å². The van der Waals surface area contributed by atoms with Gasteiger partial charge in [0.25, 0.3) is 0 Å². The first-order valence-electron chi connectivity index (χ1n) is 15.8. The molecule has 0 saturated carbocycles. The SMILES string of the molecule is CCCCCCCCCCCCCCCCCC1=C(c2ccccc2)c2ccccc2P1(=O)c1ccccc1. The number of fused-ring (bicyclic) bond motifs is 1. The first-order valence-corrected chi connectivity index (χ1v) is 17.5. The molecule has 208 valence electrons. The fourth-order valence-electron chi connectivity index (χ4n) is 6.22. The number of unbranched alkanes of at least 4 members (excludes halogenated alkanes) is 14. The fourth-order valence-corrected chi connectivity index (χ4v) is 9.56. The monoisotopic (exact) mass is 540 g/mol. The Morgan fingerprint density at radius 1 is 0.513 bits per heavy atom. The third kappa shape index (κ3) is 7.85. The van der Waals surface area contributed by atoms with Crippen molar-refractivity contribution in [2.24, 2.45) is 0 Å². The van der Waals surface area contributed by atoms with Crippen molar-refractivity contribution in [3.8, 4) is 0 Å². The maximum absolute atomic E-state index is 15.1. The Hall–Kier alpha value is -2.37. The molecule has 1 heterocycles. The summed E-state index contributed by atoms with van der Waals surface area (Å²) < 4.78 is 15.1. The quantitative estimate of drug-likeness (QED) is 0.116. The zero-order chi connectivity index (χ0) is 27.2. The van der Waals surface area contributed by atoms with Gasteiger partial charge >= 0.3 is 0 Å². The average Bonchev–Trinajstić information content (AvgIpc) is 3.24. The van der Waals surface area contributed by atoms with E-state index < -0.39 is 7.14 Å². The summed E-state index contributed by atoms with van der Waals surface area (Å²) in [7, 11) is -2.85. The van der Waals surface area contributed by atoms with Crippen molar-refractivity contribution in [1.29, 1.82) is 0 Å². The largest absolute Gasteiger partial charge is 0.309 e. The highest BCUT2D eigenvalue weighted by Gasteiger charge is 2.41. The van der Waals surface area contributed by atoms with Crippen LogP contribution in [0.15, 0.2) is 90.2 Å². The van der Waals surface area contributed by atoms with Crippen molar-refractivity contribution in [2.75, 3.05) is 0 Å². The van der Waals surface area contributed by atoms with Gasteiger partial charge in [-0.3, -0.25) is 0 Å². The molecule has 0 amide bonds. The van der Waals surface area contributed by atoms with Gasteiger partial charge < -0.3 is 4.57 Å². The Labute approximate surface area is 238 Å². The standard InChI is InChI=1S/C37H49OP/c1-2-3-4-5-6-7-8-9-10-11-12-13-14-15-22-31-36-37(32-25-18-16-19-26-32)34-29-23-24-30-35(34)39(36,38)33-27-20-17-21-28-33/h16-21,23-30H,2-15,22,31H2,1H3. The van der Waals surface area contributed by atoms with Gasteiger partial charge in [0.15, 0.2) is 7.14 Å². The lowest BCUT2D eigenvalue weighted by Gasteiger charge is -2.19. The fraction of sp³-hybridized carbons (Fsp3) is 0.459. The zero-order valence-corrected chi connectivity index (χ0v) is 25.1. The maximum Gasteiger partial charge on any atom is 0.168 e. The molecule has 1 aliphatic heterocycles. The number of hydrogen-bond acceptors (Lipinski definition) is 1. The normalized spacial score (nSPS) is 16.5. The molecule has 3 aromatic carbocycles. The molecule has 3 aromatic rings. The van der Waals surface area contributed by atoms with Gasteiger partial charge in [-0.15, -0.1) is 0 Å². The van der Waals surface area contributed by atoms with E-state index in [2.05, 4.69) is 67.6 Å². The van der Waals surface area contributed by atoms with Crippen molar-refractivity contribution >= 4 is 23.3 Å². The van der Waals surface area contributed by atoms with Crippen LogP contribution in [0.1, 0.15) is 121 Å². The number of hydrogen-bond donors (Lipinski definition) is 0. The smallest absolute Gasteiger partial charge is 0.168 e. The summed E-state index contributed by atoms with van der Waals surface area (Å²) in [5.41, 5.74) is 3.56. The number of benzene rings is 3. The molecule has 1 nitrogen and oxygen atoms in total. The second kappa shape index (κ2) is 16.0. The summed E-state index contributed by atoms with van der Waals surface area (Å²) in [5, 5.41) is 3.15. The topological polar surface area (TPSA) is 17.1 Å². The third-order valence-corrected chi connectivity index (χ3v) is 11.7. The van der Waals surface area contributed by atoms with Crippen LogP contribution in [0, 0.1) is 0 Å². The molecular formula is C37H49OP. The van der Waals surface area contributed by atoms with Gasteiger partial charge in [-0.2, -0.15) is 0 Å². The van der Waals surface area contributed by atoms with Gasteiger partial charge in [-0.25, -0.2) is 0 Å².